The van der Waals surface area contributed by atoms with E-state index in [1.165, 1.54) is 16.7 Å². The monoisotopic (exact) mass is 562 g/mol. The molecule has 3 heteroatoms. The third-order valence-electron chi connectivity index (χ3n) is 8.20. The summed E-state index contributed by atoms with van der Waals surface area (Å²) in [6.45, 7) is 27.9. The molecule has 228 valence electrons. The van der Waals surface area contributed by atoms with E-state index in [2.05, 4.69) is 102 Å². The number of Topliss-reactive ketones (excluding diaryl/α,β-unsaturated/α-hetero) is 2. The molecule has 0 aliphatic rings. The fourth-order valence-electron chi connectivity index (χ4n) is 5.76. The molecule has 0 aliphatic carbocycles. The highest BCUT2D eigenvalue weighted by Gasteiger charge is 2.28. The van der Waals surface area contributed by atoms with E-state index in [1.807, 2.05) is 12.1 Å². The summed E-state index contributed by atoms with van der Waals surface area (Å²) < 4.78 is 0. The van der Waals surface area contributed by atoms with Gasteiger partial charge < -0.3 is 5.11 Å². The number of hydrogen-bond acceptors (Lipinski definition) is 3. The standard InChI is InChI=1S/C38H58O3/c1-25-28(35(2,3)4)21-26(22-29(25)36(5,6)7)32(39)19-17-15-14-16-18-20-33(40)27-23-30(37(8,9)10)34(41)31(24-27)38(11,12)13/h21-24,41H,14-20H2,1-13H3. The summed E-state index contributed by atoms with van der Waals surface area (Å²) in [7, 11) is 0. The van der Waals surface area contributed by atoms with E-state index in [1.54, 1.807) is 0 Å². The van der Waals surface area contributed by atoms with Crippen LogP contribution in [-0.2, 0) is 21.7 Å². The van der Waals surface area contributed by atoms with Gasteiger partial charge in [-0.3, -0.25) is 9.59 Å². The number of phenols is 1. The second kappa shape index (κ2) is 12.8. The van der Waals surface area contributed by atoms with E-state index >= 15 is 0 Å². The number of carbonyl (C=O) groups excluding carboxylic acids is 2. The molecule has 1 N–H and O–H groups in total. The van der Waals surface area contributed by atoms with Crippen molar-refractivity contribution in [2.24, 2.45) is 0 Å². The molecular formula is C38H58O3. The van der Waals surface area contributed by atoms with Gasteiger partial charge in [-0.15, -0.1) is 0 Å². The Morgan fingerprint density at radius 2 is 0.780 bits per heavy atom. The van der Waals surface area contributed by atoms with E-state index in [0.29, 0.717) is 24.2 Å². The number of unbranched alkanes of at least 4 members (excludes halogenated alkanes) is 4. The lowest BCUT2D eigenvalue weighted by molar-refractivity contribution is 0.0973. The van der Waals surface area contributed by atoms with E-state index in [9.17, 15) is 14.7 Å². The first-order valence-corrected chi connectivity index (χ1v) is 15.6. The van der Waals surface area contributed by atoms with Crippen LogP contribution in [0.25, 0.3) is 0 Å². The van der Waals surface area contributed by atoms with Gasteiger partial charge in [-0.25, -0.2) is 0 Å². The van der Waals surface area contributed by atoms with Crippen LogP contribution in [0.1, 0.15) is 177 Å². The van der Waals surface area contributed by atoms with E-state index in [4.69, 9.17) is 0 Å². The molecule has 0 saturated heterocycles. The predicted molar refractivity (Wildman–Crippen MR) is 175 cm³/mol. The summed E-state index contributed by atoms with van der Waals surface area (Å²) in [6.07, 6.45) is 5.77. The molecule has 3 nitrogen and oxygen atoms in total. The normalized spacial score (nSPS) is 13.0. The molecule has 0 fully saturated rings. The van der Waals surface area contributed by atoms with Crippen LogP contribution < -0.4 is 0 Å². The maximum atomic E-state index is 13.2. The van der Waals surface area contributed by atoms with Crippen LogP contribution in [0.15, 0.2) is 24.3 Å². The Balaban J connectivity index is 1.96. The largest absolute Gasteiger partial charge is 0.507 e. The predicted octanol–water partition coefficient (Wildman–Crippen LogP) is 10.7. The number of ketones is 2. The number of benzene rings is 2. The smallest absolute Gasteiger partial charge is 0.162 e. The van der Waals surface area contributed by atoms with Gasteiger partial charge in [0, 0.05) is 35.1 Å². The molecule has 0 heterocycles. The molecule has 0 atom stereocenters. The SMILES string of the molecule is Cc1c(C(C)(C)C)cc(C(=O)CCCCCCCC(=O)c2cc(C(C)(C)C)c(O)c(C(C)(C)C)c2)cc1C(C)(C)C. The Bertz CT molecular complexity index is 1070. The quantitative estimate of drug-likeness (QED) is 0.231. The van der Waals surface area contributed by atoms with Gasteiger partial charge in [0.05, 0.1) is 0 Å². The number of carbonyl (C=O) groups is 2. The molecule has 2 aromatic rings. The molecule has 0 saturated carbocycles. The Morgan fingerprint density at radius 3 is 1.07 bits per heavy atom. The summed E-state index contributed by atoms with van der Waals surface area (Å²) in [5.41, 5.74) is 6.49. The molecule has 0 radical (unpaired) electrons. The van der Waals surface area contributed by atoms with E-state index in [0.717, 1.165) is 48.8 Å². The minimum atomic E-state index is -0.251. The first kappa shape index (κ1) is 34.8. The van der Waals surface area contributed by atoms with Gasteiger partial charge in [-0.2, -0.15) is 0 Å². The molecule has 0 amide bonds. The van der Waals surface area contributed by atoms with Crippen molar-refractivity contribution < 1.29 is 14.7 Å². The summed E-state index contributed by atoms with van der Waals surface area (Å²) in [5, 5.41) is 10.9. The van der Waals surface area contributed by atoms with Gasteiger partial charge in [0.1, 0.15) is 5.75 Å². The Kier molecular flexibility index (Phi) is 10.9. The maximum absolute atomic E-state index is 13.2. The molecular weight excluding hydrogens is 504 g/mol. The van der Waals surface area contributed by atoms with Gasteiger partial charge in [-0.05, 0) is 82.4 Å². The Morgan fingerprint density at radius 1 is 0.512 bits per heavy atom. The molecule has 41 heavy (non-hydrogen) atoms. The molecule has 0 unspecified atom stereocenters. The molecule has 0 aromatic heterocycles. The van der Waals surface area contributed by atoms with Gasteiger partial charge in [-0.1, -0.05) is 102 Å². The van der Waals surface area contributed by atoms with Crippen molar-refractivity contribution in [3.05, 3.63) is 63.2 Å². The van der Waals surface area contributed by atoms with Crippen LogP contribution in [0.2, 0.25) is 0 Å². The maximum Gasteiger partial charge on any atom is 0.162 e. The Labute approximate surface area is 251 Å². The van der Waals surface area contributed by atoms with E-state index in [-0.39, 0.29) is 33.2 Å². The first-order valence-electron chi connectivity index (χ1n) is 15.6. The zero-order valence-electron chi connectivity index (χ0n) is 28.5. The fourth-order valence-corrected chi connectivity index (χ4v) is 5.76. The average molecular weight is 563 g/mol. The van der Waals surface area contributed by atoms with Crippen LogP contribution in [0, 0.1) is 6.92 Å². The van der Waals surface area contributed by atoms with Crippen molar-refractivity contribution in [3.63, 3.8) is 0 Å². The zero-order valence-corrected chi connectivity index (χ0v) is 28.5. The number of phenolic OH excluding ortho intramolecular Hbond substituents is 1. The lowest BCUT2D eigenvalue weighted by Crippen LogP contribution is -2.21. The number of aromatic hydroxyl groups is 1. The lowest BCUT2D eigenvalue weighted by atomic mass is 9.75. The third-order valence-corrected chi connectivity index (χ3v) is 8.20. The summed E-state index contributed by atoms with van der Waals surface area (Å²) >= 11 is 0. The minimum absolute atomic E-state index is 0.0133. The minimum Gasteiger partial charge on any atom is -0.507 e. The highest BCUT2D eigenvalue weighted by atomic mass is 16.3. The van der Waals surface area contributed by atoms with Crippen LogP contribution in [0.3, 0.4) is 0 Å². The van der Waals surface area contributed by atoms with Gasteiger partial charge >= 0.3 is 0 Å². The highest BCUT2D eigenvalue weighted by molar-refractivity contribution is 5.97. The van der Waals surface area contributed by atoms with Gasteiger partial charge in [0.15, 0.2) is 11.6 Å². The summed E-state index contributed by atoms with van der Waals surface area (Å²) in [5.74, 6) is 0.679. The van der Waals surface area contributed by atoms with Crippen LogP contribution >= 0.6 is 0 Å². The second-order valence-corrected chi connectivity index (χ2v) is 16.2. The molecule has 2 rings (SSSR count). The first-order chi connectivity index (χ1) is 18.5. The number of hydrogen-bond donors (Lipinski definition) is 1. The van der Waals surface area contributed by atoms with Crippen molar-refractivity contribution in [2.75, 3.05) is 0 Å². The van der Waals surface area contributed by atoms with Crippen molar-refractivity contribution in [1.29, 1.82) is 0 Å². The molecule has 2 aromatic carbocycles. The van der Waals surface area contributed by atoms with Crippen LogP contribution in [0.4, 0.5) is 0 Å². The van der Waals surface area contributed by atoms with Crippen LogP contribution in [-0.4, -0.2) is 16.7 Å². The second-order valence-electron chi connectivity index (χ2n) is 16.2. The van der Waals surface area contributed by atoms with Gasteiger partial charge in [0.25, 0.3) is 0 Å². The zero-order chi connectivity index (χ0) is 31.6. The van der Waals surface area contributed by atoms with Crippen molar-refractivity contribution in [3.8, 4) is 5.75 Å². The Hall–Kier alpha value is -2.42. The van der Waals surface area contributed by atoms with Crippen molar-refractivity contribution >= 4 is 11.6 Å². The highest BCUT2D eigenvalue weighted by Crippen LogP contribution is 2.40. The van der Waals surface area contributed by atoms with Gasteiger partial charge in [0.2, 0.25) is 0 Å². The lowest BCUT2D eigenvalue weighted by Gasteiger charge is -2.29. The summed E-state index contributed by atoms with van der Waals surface area (Å²) in [4.78, 5) is 26.3. The molecule has 0 bridgehead atoms. The average Bonchev–Trinajstić information content (AvgIpc) is 2.80. The third kappa shape index (κ3) is 9.29. The van der Waals surface area contributed by atoms with Crippen molar-refractivity contribution in [1.82, 2.24) is 0 Å². The molecule has 0 spiro atoms. The van der Waals surface area contributed by atoms with E-state index < -0.39 is 0 Å². The fraction of sp³-hybridized carbons (Fsp3) is 0.632. The van der Waals surface area contributed by atoms with Crippen molar-refractivity contribution in [2.45, 2.75) is 157 Å². The molecule has 0 aliphatic heterocycles. The van der Waals surface area contributed by atoms with Crippen LogP contribution in [0.5, 0.6) is 5.75 Å². The number of rotatable bonds is 10. The summed E-state index contributed by atoms with van der Waals surface area (Å²) in [6, 6.07) is 8.02. The topological polar surface area (TPSA) is 54.4 Å².